The molecular formula is C17H19N3O2S. The van der Waals surface area contributed by atoms with E-state index in [4.69, 9.17) is 0 Å². The molecular weight excluding hydrogens is 310 g/mol. The van der Waals surface area contributed by atoms with Crippen molar-refractivity contribution < 1.29 is 9.59 Å². The van der Waals surface area contributed by atoms with Gasteiger partial charge in [0.2, 0.25) is 5.91 Å². The van der Waals surface area contributed by atoms with E-state index in [0.29, 0.717) is 11.3 Å². The SMILES string of the molecule is CNC(=O)c1cccc(NC(=O)C(C)Sc2ccccn2)c1C. The molecule has 1 aromatic heterocycles. The monoisotopic (exact) mass is 329 g/mol. The molecule has 1 atom stereocenters. The van der Waals surface area contributed by atoms with E-state index < -0.39 is 0 Å². The van der Waals surface area contributed by atoms with Crippen LogP contribution in [0.25, 0.3) is 0 Å². The van der Waals surface area contributed by atoms with Crippen molar-refractivity contribution in [1.82, 2.24) is 10.3 Å². The fourth-order valence-electron chi connectivity index (χ4n) is 2.04. The van der Waals surface area contributed by atoms with Crippen molar-refractivity contribution in [3.8, 4) is 0 Å². The number of carbonyl (C=O) groups excluding carboxylic acids is 2. The quantitative estimate of drug-likeness (QED) is 0.828. The molecule has 0 spiro atoms. The second-order valence-electron chi connectivity index (χ2n) is 4.97. The molecule has 120 valence electrons. The first kappa shape index (κ1) is 17.0. The second kappa shape index (κ2) is 7.78. The van der Waals surface area contributed by atoms with Gasteiger partial charge in [-0.1, -0.05) is 23.9 Å². The molecule has 2 amide bonds. The summed E-state index contributed by atoms with van der Waals surface area (Å²) in [5.41, 5.74) is 1.94. The molecule has 2 N–H and O–H groups in total. The van der Waals surface area contributed by atoms with Gasteiger partial charge in [0, 0.05) is 24.5 Å². The normalized spacial score (nSPS) is 11.6. The Bertz CT molecular complexity index is 704. The van der Waals surface area contributed by atoms with Crippen LogP contribution in [-0.2, 0) is 4.79 Å². The zero-order valence-electron chi connectivity index (χ0n) is 13.3. The third-order valence-electron chi connectivity index (χ3n) is 3.37. The molecule has 5 nitrogen and oxygen atoms in total. The van der Waals surface area contributed by atoms with Gasteiger partial charge in [-0.05, 0) is 43.7 Å². The fourth-order valence-corrected chi connectivity index (χ4v) is 2.84. The molecule has 0 fully saturated rings. The Hall–Kier alpha value is -2.34. The minimum absolute atomic E-state index is 0.127. The first-order chi connectivity index (χ1) is 11.0. The number of carbonyl (C=O) groups is 2. The van der Waals surface area contributed by atoms with E-state index in [9.17, 15) is 9.59 Å². The molecule has 1 aromatic carbocycles. The summed E-state index contributed by atoms with van der Waals surface area (Å²) in [5, 5.41) is 5.98. The molecule has 2 aromatic rings. The van der Waals surface area contributed by atoms with Crippen molar-refractivity contribution in [3.63, 3.8) is 0 Å². The van der Waals surface area contributed by atoms with Crippen LogP contribution in [0.4, 0.5) is 5.69 Å². The molecule has 1 unspecified atom stereocenters. The van der Waals surface area contributed by atoms with E-state index in [-0.39, 0.29) is 17.1 Å². The number of anilines is 1. The minimum Gasteiger partial charge on any atom is -0.355 e. The maximum atomic E-state index is 12.4. The molecule has 0 saturated heterocycles. The summed E-state index contributed by atoms with van der Waals surface area (Å²) >= 11 is 1.39. The van der Waals surface area contributed by atoms with Crippen molar-refractivity contribution in [3.05, 3.63) is 53.7 Å². The standard InChI is InChI=1S/C17H19N3O2S/c1-11-13(17(22)18-3)7-6-8-14(11)20-16(21)12(2)23-15-9-4-5-10-19-15/h4-10,12H,1-3H3,(H,18,22)(H,20,21). The molecule has 0 aliphatic carbocycles. The van der Waals surface area contributed by atoms with E-state index >= 15 is 0 Å². The lowest BCUT2D eigenvalue weighted by Crippen LogP contribution is -2.24. The number of amides is 2. The Morgan fingerprint density at radius 2 is 1.96 bits per heavy atom. The van der Waals surface area contributed by atoms with Crippen LogP contribution in [0.5, 0.6) is 0 Å². The summed E-state index contributed by atoms with van der Waals surface area (Å²) in [6.07, 6.45) is 1.70. The van der Waals surface area contributed by atoms with Crippen LogP contribution in [-0.4, -0.2) is 29.1 Å². The van der Waals surface area contributed by atoms with E-state index in [1.165, 1.54) is 11.8 Å². The average Bonchev–Trinajstić information content (AvgIpc) is 2.57. The van der Waals surface area contributed by atoms with Crippen molar-refractivity contribution in [2.45, 2.75) is 24.1 Å². The first-order valence-corrected chi connectivity index (χ1v) is 8.11. The molecule has 1 heterocycles. The van der Waals surface area contributed by atoms with Gasteiger partial charge in [0.05, 0.1) is 10.3 Å². The average molecular weight is 329 g/mol. The van der Waals surface area contributed by atoms with Gasteiger partial charge in [0.1, 0.15) is 0 Å². The summed E-state index contributed by atoms with van der Waals surface area (Å²) in [6, 6.07) is 10.9. The molecule has 0 aliphatic rings. The Morgan fingerprint density at radius 3 is 2.61 bits per heavy atom. The van der Waals surface area contributed by atoms with Gasteiger partial charge in [0.25, 0.3) is 5.91 Å². The van der Waals surface area contributed by atoms with Crippen LogP contribution in [0.2, 0.25) is 0 Å². The van der Waals surface area contributed by atoms with Crippen LogP contribution in [0, 0.1) is 6.92 Å². The highest BCUT2D eigenvalue weighted by Crippen LogP contribution is 2.24. The number of pyridine rings is 1. The van der Waals surface area contributed by atoms with Crippen LogP contribution in [0.1, 0.15) is 22.8 Å². The van der Waals surface area contributed by atoms with Crippen molar-refractivity contribution in [1.29, 1.82) is 0 Å². The molecule has 0 saturated carbocycles. The van der Waals surface area contributed by atoms with Gasteiger partial charge < -0.3 is 10.6 Å². The van der Waals surface area contributed by atoms with E-state index in [0.717, 1.165) is 10.6 Å². The van der Waals surface area contributed by atoms with Gasteiger partial charge in [-0.3, -0.25) is 9.59 Å². The van der Waals surface area contributed by atoms with Gasteiger partial charge in [0.15, 0.2) is 0 Å². The maximum absolute atomic E-state index is 12.4. The molecule has 23 heavy (non-hydrogen) atoms. The largest absolute Gasteiger partial charge is 0.355 e. The van der Waals surface area contributed by atoms with Crippen molar-refractivity contribution in [2.75, 3.05) is 12.4 Å². The first-order valence-electron chi connectivity index (χ1n) is 7.23. The van der Waals surface area contributed by atoms with Gasteiger partial charge in [-0.2, -0.15) is 0 Å². The van der Waals surface area contributed by atoms with E-state index in [1.807, 2.05) is 32.0 Å². The minimum atomic E-state index is -0.298. The Labute approximate surface area is 139 Å². The lowest BCUT2D eigenvalue weighted by Gasteiger charge is -2.14. The Balaban J connectivity index is 2.09. The number of benzene rings is 1. The van der Waals surface area contributed by atoms with Crippen LogP contribution >= 0.6 is 11.8 Å². The third kappa shape index (κ3) is 4.32. The number of hydrogen-bond acceptors (Lipinski definition) is 4. The number of aromatic nitrogens is 1. The number of nitrogens with one attached hydrogen (secondary N) is 2. The number of rotatable bonds is 5. The lowest BCUT2D eigenvalue weighted by atomic mass is 10.1. The van der Waals surface area contributed by atoms with Crippen LogP contribution < -0.4 is 10.6 Å². The highest BCUT2D eigenvalue weighted by atomic mass is 32.2. The topological polar surface area (TPSA) is 71.1 Å². The molecule has 6 heteroatoms. The molecule has 0 aliphatic heterocycles. The third-order valence-corrected chi connectivity index (χ3v) is 4.42. The van der Waals surface area contributed by atoms with Gasteiger partial charge in [-0.25, -0.2) is 4.98 Å². The zero-order chi connectivity index (χ0) is 16.8. The number of thioether (sulfide) groups is 1. The molecule has 2 rings (SSSR count). The summed E-state index contributed by atoms with van der Waals surface area (Å²) in [7, 11) is 1.58. The second-order valence-corrected chi connectivity index (χ2v) is 6.34. The van der Waals surface area contributed by atoms with E-state index in [2.05, 4.69) is 15.6 Å². The fraction of sp³-hybridized carbons (Fsp3) is 0.235. The number of nitrogens with zero attached hydrogens (tertiary/aromatic N) is 1. The Morgan fingerprint density at radius 1 is 1.17 bits per heavy atom. The van der Waals surface area contributed by atoms with E-state index in [1.54, 1.807) is 31.4 Å². The number of hydrogen-bond donors (Lipinski definition) is 2. The summed E-state index contributed by atoms with van der Waals surface area (Å²) in [5.74, 6) is -0.299. The van der Waals surface area contributed by atoms with Crippen molar-refractivity contribution >= 4 is 29.3 Å². The Kier molecular flexibility index (Phi) is 5.76. The highest BCUT2D eigenvalue weighted by molar-refractivity contribution is 8.00. The predicted octanol–water partition coefficient (Wildman–Crippen LogP) is 2.87. The maximum Gasteiger partial charge on any atom is 0.251 e. The van der Waals surface area contributed by atoms with Crippen molar-refractivity contribution in [2.24, 2.45) is 0 Å². The summed E-state index contributed by atoms with van der Waals surface area (Å²) in [6.45, 7) is 3.64. The summed E-state index contributed by atoms with van der Waals surface area (Å²) < 4.78 is 0. The molecule has 0 radical (unpaired) electrons. The lowest BCUT2D eigenvalue weighted by molar-refractivity contribution is -0.115. The smallest absolute Gasteiger partial charge is 0.251 e. The summed E-state index contributed by atoms with van der Waals surface area (Å²) in [4.78, 5) is 28.4. The van der Waals surface area contributed by atoms with Crippen LogP contribution in [0.3, 0.4) is 0 Å². The predicted molar refractivity (Wildman–Crippen MR) is 92.8 cm³/mol. The highest BCUT2D eigenvalue weighted by Gasteiger charge is 2.17. The molecule has 0 bridgehead atoms. The van der Waals surface area contributed by atoms with Crippen LogP contribution in [0.15, 0.2) is 47.6 Å². The zero-order valence-corrected chi connectivity index (χ0v) is 14.1. The van der Waals surface area contributed by atoms with Gasteiger partial charge >= 0.3 is 0 Å². The van der Waals surface area contributed by atoms with Gasteiger partial charge in [-0.15, -0.1) is 0 Å².